The van der Waals surface area contributed by atoms with Crippen molar-refractivity contribution in [3.63, 3.8) is 0 Å². The second-order valence-electron chi connectivity index (χ2n) is 5.14. The Kier molecular flexibility index (Phi) is 4.71. The van der Waals surface area contributed by atoms with Crippen LogP contribution in [0, 0.1) is 0 Å². The Hall–Kier alpha value is -2.00. The van der Waals surface area contributed by atoms with Crippen molar-refractivity contribution >= 4 is 22.4 Å². The van der Waals surface area contributed by atoms with Gasteiger partial charge in [-0.3, -0.25) is 10.1 Å². The van der Waals surface area contributed by atoms with Gasteiger partial charge >= 0.3 is 6.18 Å². The first-order valence-corrected chi connectivity index (χ1v) is 7.43. The summed E-state index contributed by atoms with van der Waals surface area (Å²) in [6, 6.07) is 8.82. The first-order chi connectivity index (χ1) is 10.6. The topological polar surface area (TPSA) is 75.1 Å². The molecule has 9 heteroatoms. The maximum Gasteiger partial charge on any atom is 0.445 e. The Balaban J connectivity index is 2.14. The van der Waals surface area contributed by atoms with Crippen LogP contribution < -0.4 is 5.32 Å². The number of hydrogen-bond donors (Lipinski definition) is 2. The van der Waals surface area contributed by atoms with Gasteiger partial charge in [0.1, 0.15) is 5.60 Å². The van der Waals surface area contributed by atoms with E-state index in [1.54, 1.807) is 37.3 Å². The smallest absolute Gasteiger partial charge is 0.380 e. The molecule has 0 bridgehead atoms. The number of hydrogen-bond acceptors (Lipinski definition) is 5. The molecule has 2 N–H and O–H groups in total. The molecular formula is C14H14F3N3O2S. The van der Waals surface area contributed by atoms with Gasteiger partial charge in [0.25, 0.3) is 5.91 Å². The van der Waals surface area contributed by atoms with Crippen molar-refractivity contribution < 1.29 is 23.1 Å². The summed E-state index contributed by atoms with van der Waals surface area (Å²) in [6.45, 7) is 2.95. The minimum atomic E-state index is -4.62. The minimum absolute atomic E-state index is 0.202. The van der Waals surface area contributed by atoms with Crippen LogP contribution in [0.1, 0.15) is 30.3 Å². The highest BCUT2D eigenvalue weighted by Crippen LogP contribution is 2.34. The first kappa shape index (κ1) is 17.4. The molecule has 2 aromatic rings. The lowest BCUT2D eigenvalue weighted by Gasteiger charge is -2.28. The fourth-order valence-corrected chi connectivity index (χ4v) is 2.48. The summed E-state index contributed by atoms with van der Waals surface area (Å²) in [5, 5.41) is 17.4. The van der Waals surface area contributed by atoms with Crippen molar-refractivity contribution in [1.29, 1.82) is 0 Å². The number of aliphatic hydroxyl groups is 1. The Labute approximate surface area is 134 Å². The molecule has 0 radical (unpaired) electrons. The van der Waals surface area contributed by atoms with Gasteiger partial charge in [-0.05, 0) is 12.5 Å². The molecule has 0 aliphatic rings. The second kappa shape index (κ2) is 6.25. The van der Waals surface area contributed by atoms with Gasteiger partial charge in [0.15, 0.2) is 0 Å². The van der Waals surface area contributed by atoms with Gasteiger partial charge in [0.2, 0.25) is 10.1 Å². The molecule has 0 aliphatic heterocycles. The summed E-state index contributed by atoms with van der Waals surface area (Å²) in [6.07, 6.45) is -4.62. The molecule has 124 valence electrons. The number of halogens is 3. The van der Waals surface area contributed by atoms with E-state index in [1.165, 1.54) is 6.92 Å². The Morgan fingerprint density at radius 1 is 1.26 bits per heavy atom. The van der Waals surface area contributed by atoms with Crippen LogP contribution in [0.15, 0.2) is 30.3 Å². The van der Waals surface area contributed by atoms with Gasteiger partial charge in [-0.15, -0.1) is 10.2 Å². The first-order valence-electron chi connectivity index (χ1n) is 6.62. The molecular weight excluding hydrogens is 331 g/mol. The Morgan fingerprint density at radius 2 is 1.87 bits per heavy atom. The molecule has 23 heavy (non-hydrogen) atoms. The SMILES string of the molecule is C[C@@H](c1ccccc1)[C@@](C)(O)C(=O)Nc1nnc(C(F)(F)F)s1. The molecule has 0 unspecified atom stereocenters. The lowest BCUT2D eigenvalue weighted by atomic mass is 9.84. The van der Waals surface area contributed by atoms with Gasteiger partial charge in [-0.1, -0.05) is 48.6 Å². The number of carbonyl (C=O) groups excluding carboxylic acids is 1. The van der Waals surface area contributed by atoms with E-state index in [9.17, 15) is 23.1 Å². The molecule has 1 amide bonds. The van der Waals surface area contributed by atoms with E-state index in [0.717, 1.165) is 5.56 Å². The second-order valence-corrected chi connectivity index (χ2v) is 6.12. The van der Waals surface area contributed by atoms with Gasteiger partial charge < -0.3 is 5.11 Å². The van der Waals surface area contributed by atoms with Crippen molar-refractivity contribution in [2.24, 2.45) is 0 Å². The third-order valence-corrected chi connectivity index (χ3v) is 4.37. The largest absolute Gasteiger partial charge is 0.445 e. The average Bonchev–Trinajstić information content (AvgIpc) is 2.96. The zero-order chi connectivity index (χ0) is 17.3. The van der Waals surface area contributed by atoms with Crippen LogP contribution in [0.25, 0.3) is 0 Å². The molecule has 0 saturated heterocycles. The molecule has 2 rings (SSSR count). The number of anilines is 1. The van der Waals surface area contributed by atoms with Crippen LogP contribution in [0.5, 0.6) is 0 Å². The summed E-state index contributed by atoms with van der Waals surface area (Å²) in [7, 11) is 0. The van der Waals surface area contributed by atoms with E-state index in [-0.39, 0.29) is 16.5 Å². The quantitative estimate of drug-likeness (QED) is 0.893. The Bertz CT molecular complexity index is 686. The molecule has 0 aliphatic carbocycles. The number of rotatable bonds is 4. The van der Waals surface area contributed by atoms with Crippen LogP contribution in [0.3, 0.4) is 0 Å². The van der Waals surface area contributed by atoms with Crippen LogP contribution in [0.2, 0.25) is 0 Å². The zero-order valence-electron chi connectivity index (χ0n) is 12.3. The molecule has 1 aromatic heterocycles. The summed E-state index contributed by atoms with van der Waals surface area (Å²) in [5.74, 6) is -1.42. The van der Waals surface area contributed by atoms with Gasteiger partial charge in [-0.2, -0.15) is 13.2 Å². The van der Waals surface area contributed by atoms with Crippen molar-refractivity contribution in [3.8, 4) is 0 Å². The monoisotopic (exact) mass is 345 g/mol. The summed E-state index contributed by atoms with van der Waals surface area (Å²) >= 11 is 0.202. The van der Waals surface area contributed by atoms with E-state index in [4.69, 9.17) is 0 Å². The molecule has 0 fully saturated rings. The highest BCUT2D eigenvalue weighted by Gasteiger charge is 2.39. The number of carbonyl (C=O) groups is 1. The predicted octanol–water partition coefficient (Wildman–Crippen LogP) is 3.05. The molecule has 5 nitrogen and oxygen atoms in total. The standard InChI is InChI=1S/C14H14F3N3O2S/c1-8(9-6-4-3-5-7-9)13(2,22)10(21)18-12-20-19-11(23-12)14(15,16)17/h3-8,22H,1-2H3,(H,18,20,21)/t8-,13+/m0/s1. The van der Waals surface area contributed by atoms with Crippen LogP contribution in [0.4, 0.5) is 18.3 Å². The van der Waals surface area contributed by atoms with Crippen molar-refractivity contribution in [2.45, 2.75) is 31.5 Å². The number of nitrogens with zero attached hydrogens (tertiary/aromatic N) is 2. The van der Waals surface area contributed by atoms with E-state index in [2.05, 4.69) is 15.5 Å². The fraction of sp³-hybridized carbons (Fsp3) is 0.357. The summed E-state index contributed by atoms with van der Waals surface area (Å²) in [4.78, 5) is 12.2. The Morgan fingerprint density at radius 3 is 2.39 bits per heavy atom. The van der Waals surface area contributed by atoms with E-state index in [1.807, 2.05) is 0 Å². The number of nitrogens with one attached hydrogen (secondary N) is 1. The van der Waals surface area contributed by atoms with Gasteiger partial charge in [0.05, 0.1) is 0 Å². The molecule has 1 heterocycles. The van der Waals surface area contributed by atoms with Crippen molar-refractivity contribution in [2.75, 3.05) is 5.32 Å². The fourth-order valence-electron chi connectivity index (χ4n) is 1.87. The number of aromatic nitrogens is 2. The predicted molar refractivity (Wildman–Crippen MR) is 79.0 cm³/mol. The summed E-state index contributed by atoms with van der Waals surface area (Å²) in [5.41, 5.74) is -1.10. The minimum Gasteiger partial charge on any atom is -0.380 e. The highest BCUT2D eigenvalue weighted by molar-refractivity contribution is 7.15. The third kappa shape index (κ3) is 3.85. The van der Waals surface area contributed by atoms with Crippen LogP contribution in [-0.2, 0) is 11.0 Å². The lowest BCUT2D eigenvalue weighted by Crippen LogP contribution is -2.44. The molecule has 0 spiro atoms. The number of benzene rings is 1. The van der Waals surface area contributed by atoms with Crippen LogP contribution in [-0.4, -0.2) is 26.8 Å². The summed E-state index contributed by atoms with van der Waals surface area (Å²) < 4.78 is 37.4. The molecule has 0 saturated carbocycles. The number of alkyl halides is 3. The van der Waals surface area contributed by atoms with Crippen molar-refractivity contribution in [1.82, 2.24) is 10.2 Å². The van der Waals surface area contributed by atoms with Gasteiger partial charge in [0, 0.05) is 5.92 Å². The number of amides is 1. The third-order valence-electron chi connectivity index (χ3n) is 3.49. The normalized spacial score (nSPS) is 15.7. The maximum atomic E-state index is 12.5. The van der Waals surface area contributed by atoms with E-state index < -0.39 is 28.6 Å². The van der Waals surface area contributed by atoms with Gasteiger partial charge in [-0.25, -0.2) is 0 Å². The van der Waals surface area contributed by atoms with Crippen LogP contribution >= 0.6 is 11.3 Å². The lowest BCUT2D eigenvalue weighted by molar-refractivity contribution is -0.138. The molecule has 2 atom stereocenters. The van der Waals surface area contributed by atoms with E-state index >= 15 is 0 Å². The average molecular weight is 345 g/mol. The maximum absolute atomic E-state index is 12.5. The molecule has 1 aromatic carbocycles. The van der Waals surface area contributed by atoms with Crippen molar-refractivity contribution in [3.05, 3.63) is 40.9 Å². The van der Waals surface area contributed by atoms with E-state index in [0.29, 0.717) is 0 Å². The zero-order valence-corrected chi connectivity index (χ0v) is 13.1. The highest BCUT2D eigenvalue weighted by atomic mass is 32.1.